The molecule has 2 aliphatic heterocycles. The van der Waals surface area contributed by atoms with Gasteiger partial charge in [0.2, 0.25) is 5.91 Å². The van der Waals surface area contributed by atoms with E-state index in [2.05, 4.69) is 20.6 Å². The molecule has 0 aromatic carbocycles. The molecule has 3 atom stereocenters. The summed E-state index contributed by atoms with van der Waals surface area (Å²) >= 11 is 4.00. The number of esters is 1. The van der Waals surface area contributed by atoms with Crippen LogP contribution in [0.1, 0.15) is 13.8 Å². The maximum atomic E-state index is 12.7. The van der Waals surface area contributed by atoms with Gasteiger partial charge in [-0.25, -0.2) is 9.59 Å². The molecule has 1 fully saturated rings. The Morgan fingerprint density at radius 1 is 1.34 bits per heavy atom. The maximum Gasteiger partial charge on any atom is 0.354 e. The smallest absolute Gasteiger partial charge is 0.354 e. The molecular formula is C17H18N6O6S3. The van der Waals surface area contributed by atoms with Gasteiger partial charge in [-0.3, -0.25) is 9.69 Å². The molecule has 4 rings (SSSR count). The molecule has 2 aromatic rings. The third kappa shape index (κ3) is 4.42. The molecule has 1 N–H and O–H groups in total. The van der Waals surface area contributed by atoms with E-state index >= 15 is 0 Å². The fourth-order valence-corrected chi connectivity index (χ4v) is 7.28. The SMILES string of the molecule is CCOCC(=O)O[C@H](C)[C@H]1C(=O)N2C(C(=O)O)=C(SCSc3ccc4nnnn4n3)S[C@H]12. The molecule has 15 heteroatoms. The molecular weight excluding hydrogens is 480 g/mol. The second-order valence-electron chi connectivity index (χ2n) is 6.62. The third-order valence-electron chi connectivity index (χ3n) is 4.64. The van der Waals surface area contributed by atoms with Crippen molar-refractivity contribution in [3.05, 3.63) is 22.1 Å². The first kappa shape index (κ1) is 22.8. The summed E-state index contributed by atoms with van der Waals surface area (Å²) in [6.45, 7) is 3.58. The van der Waals surface area contributed by atoms with Crippen LogP contribution in [0.2, 0.25) is 0 Å². The standard InChI is InChI=1S/C17H18N6O6S3/c1-3-28-6-11(24)29-8(2)12-14(25)22-13(16(26)27)17(32-15(12)22)31-7-30-10-5-4-9-18-20-21-23(9)19-10/h4-5,8,12,15H,3,6-7H2,1-2H3,(H,26,27)/t8-,12+,15-/m1/s1. The number of thioether (sulfide) groups is 3. The van der Waals surface area contributed by atoms with Gasteiger partial charge in [0.25, 0.3) is 0 Å². The van der Waals surface area contributed by atoms with Gasteiger partial charge < -0.3 is 14.6 Å². The van der Waals surface area contributed by atoms with Crippen LogP contribution in [0.15, 0.2) is 27.1 Å². The van der Waals surface area contributed by atoms with Crippen molar-refractivity contribution in [1.82, 2.24) is 30.2 Å². The molecule has 2 aromatic heterocycles. The lowest BCUT2D eigenvalue weighted by Gasteiger charge is -2.44. The first-order valence-corrected chi connectivity index (χ1v) is 12.3. The average Bonchev–Trinajstić information content (AvgIpc) is 3.34. The number of nitrogens with zero attached hydrogens (tertiary/aromatic N) is 6. The van der Waals surface area contributed by atoms with Crippen molar-refractivity contribution in [2.45, 2.75) is 30.4 Å². The minimum atomic E-state index is -1.17. The number of fused-ring (bicyclic) bond motifs is 2. The van der Waals surface area contributed by atoms with Crippen LogP contribution >= 0.6 is 35.3 Å². The molecule has 1 saturated heterocycles. The lowest BCUT2D eigenvalue weighted by Crippen LogP contribution is -2.61. The summed E-state index contributed by atoms with van der Waals surface area (Å²) in [5, 5.41) is 25.7. The van der Waals surface area contributed by atoms with Gasteiger partial charge in [-0.05, 0) is 36.4 Å². The number of hydrogen-bond donors (Lipinski definition) is 1. The highest BCUT2D eigenvalue weighted by Crippen LogP contribution is 2.54. The van der Waals surface area contributed by atoms with E-state index in [1.165, 1.54) is 44.8 Å². The van der Waals surface area contributed by atoms with E-state index in [0.717, 1.165) is 0 Å². The van der Waals surface area contributed by atoms with Gasteiger partial charge in [0.1, 0.15) is 29.0 Å². The van der Waals surface area contributed by atoms with Crippen molar-refractivity contribution < 1.29 is 29.0 Å². The molecule has 0 aliphatic carbocycles. The van der Waals surface area contributed by atoms with E-state index < -0.39 is 29.3 Å². The Morgan fingerprint density at radius 2 is 2.16 bits per heavy atom. The number of carbonyl (C=O) groups excluding carboxylic acids is 2. The zero-order chi connectivity index (χ0) is 22.8. The molecule has 0 radical (unpaired) electrons. The van der Waals surface area contributed by atoms with E-state index in [9.17, 15) is 19.5 Å². The second kappa shape index (κ2) is 9.64. The van der Waals surface area contributed by atoms with Crippen LogP contribution < -0.4 is 0 Å². The number of carboxylic acids is 1. The van der Waals surface area contributed by atoms with Crippen molar-refractivity contribution >= 4 is 58.8 Å². The summed E-state index contributed by atoms with van der Waals surface area (Å²) < 4.78 is 12.2. The summed E-state index contributed by atoms with van der Waals surface area (Å²) in [6, 6.07) is 3.51. The number of β-lactam (4-membered cyclic amide) rings is 1. The van der Waals surface area contributed by atoms with Gasteiger partial charge in [0.05, 0.1) is 9.32 Å². The highest BCUT2D eigenvalue weighted by atomic mass is 32.2. The summed E-state index contributed by atoms with van der Waals surface area (Å²) in [5.74, 6) is -2.72. The second-order valence-corrected chi connectivity index (χ2v) is 10.4. The van der Waals surface area contributed by atoms with Crippen LogP contribution in [-0.2, 0) is 23.9 Å². The van der Waals surface area contributed by atoms with Crippen LogP contribution in [-0.4, -0.2) is 82.9 Å². The van der Waals surface area contributed by atoms with Crippen molar-refractivity contribution in [3.63, 3.8) is 0 Å². The number of tetrazole rings is 1. The van der Waals surface area contributed by atoms with E-state index in [1.807, 2.05) is 0 Å². The topological polar surface area (TPSA) is 149 Å². The first-order chi connectivity index (χ1) is 15.4. The number of ether oxygens (including phenoxy) is 2. The summed E-state index contributed by atoms with van der Waals surface area (Å²) in [7, 11) is 0. The van der Waals surface area contributed by atoms with Gasteiger partial charge in [-0.15, -0.1) is 26.6 Å². The molecule has 2 aliphatic rings. The minimum Gasteiger partial charge on any atom is -0.477 e. The van der Waals surface area contributed by atoms with Crippen molar-refractivity contribution in [3.8, 4) is 0 Å². The molecule has 4 heterocycles. The Labute approximate surface area is 194 Å². The Kier molecular flexibility index (Phi) is 6.88. The van der Waals surface area contributed by atoms with Crippen LogP contribution in [0.5, 0.6) is 0 Å². The van der Waals surface area contributed by atoms with E-state index in [-0.39, 0.29) is 18.2 Å². The lowest BCUT2D eigenvalue weighted by atomic mass is 9.92. The molecule has 0 unspecified atom stereocenters. The van der Waals surface area contributed by atoms with E-state index in [0.29, 0.717) is 26.6 Å². The lowest BCUT2D eigenvalue weighted by molar-refractivity contribution is -0.168. The van der Waals surface area contributed by atoms with Crippen LogP contribution in [0.4, 0.5) is 0 Å². The molecule has 12 nitrogen and oxygen atoms in total. The Morgan fingerprint density at radius 3 is 2.91 bits per heavy atom. The number of rotatable bonds is 10. The number of carboxylic acid groups (broad SMARTS) is 1. The van der Waals surface area contributed by atoms with Gasteiger partial charge in [0.15, 0.2) is 11.3 Å². The van der Waals surface area contributed by atoms with E-state index in [1.54, 1.807) is 26.0 Å². The van der Waals surface area contributed by atoms with Crippen molar-refractivity contribution in [1.29, 1.82) is 0 Å². The number of hydrogen-bond acceptors (Lipinski definition) is 12. The summed E-state index contributed by atoms with van der Waals surface area (Å²) in [6.07, 6.45) is -0.690. The Hall–Kier alpha value is -2.36. The Balaban J connectivity index is 1.38. The average molecular weight is 499 g/mol. The zero-order valence-electron chi connectivity index (χ0n) is 16.9. The largest absolute Gasteiger partial charge is 0.477 e. The zero-order valence-corrected chi connectivity index (χ0v) is 19.4. The monoisotopic (exact) mass is 498 g/mol. The van der Waals surface area contributed by atoms with Gasteiger partial charge in [0, 0.05) is 6.61 Å². The van der Waals surface area contributed by atoms with Crippen LogP contribution in [0.3, 0.4) is 0 Å². The Bertz CT molecular complexity index is 1090. The fourth-order valence-electron chi connectivity index (χ4n) is 3.19. The number of carbonyl (C=O) groups is 3. The summed E-state index contributed by atoms with van der Waals surface area (Å²) in [5.41, 5.74) is 0.484. The van der Waals surface area contributed by atoms with Crippen molar-refractivity contribution in [2.75, 3.05) is 18.3 Å². The predicted molar refractivity (Wildman–Crippen MR) is 115 cm³/mol. The van der Waals surface area contributed by atoms with Gasteiger partial charge in [-0.2, -0.15) is 0 Å². The summed E-state index contributed by atoms with van der Waals surface area (Å²) in [4.78, 5) is 37.6. The van der Waals surface area contributed by atoms with Crippen LogP contribution in [0, 0.1) is 5.92 Å². The molecule has 32 heavy (non-hydrogen) atoms. The molecule has 0 saturated carbocycles. The van der Waals surface area contributed by atoms with E-state index in [4.69, 9.17) is 9.47 Å². The number of aromatic nitrogens is 5. The predicted octanol–water partition coefficient (Wildman–Crippen LogP) is 1.06. The normalized spacial score (nSPS) is 20.9. The highest BCUT2D eigenvalue weighted by molar-refractivity contribution is 8.27. The maximum absolute atomic E-state index is 12.7. The third-order valence-corrected chi connectivity index (χ3v) is 8.34. The van der Waals surface area contributed by atoms with Gasteiger partial charge in [-0.1, -0.05) is 23.5 Å². The first-order valence-electron chi connectivity index (χ1n) is 9.46. The quantitative estimate of drug-likeness (QED) is 0.215. The molecule has 0 spiro atoms. The number of aliphatic carboxylic acids is 1. The molecule has 0 bridgehead atoms. The van der Waals surface area contributed by atoms with Gasteiger partial charge >= 0.3 is 11.9 Å². The fraction of sp³-hybridized carbons (Fsp3) is 0.471. The van der Waals surface area contributed by atoms with Crippen molar-refractivity contribution in [2.24, 2.45) is 5.92 Å². The van der Waals surface area contributed by atoms with Crippen LogP contribution in [0.25, 0.3) is 5.65 Å². The highest BCUT2D eigenvalue weighted by Gasteiger charge is 2.58. The molecule has 1 amide bonds. The molecule has 170 valence electrons. The minimum absolute atomic E-state index is 0.0384. The number of amides is 1.